The molecule has 2 saturated heterocycles. The minimum Gasteiger partial charge on any atom is -0.311 e. The maximum absolute atomic E-state index is 3.86. The van der Waals surface area contributed by atoms with E-state index in [-0.39, 0.29) is 0 Å². The predicted octanol–water partition coefficient (Wildman–Crippen LogP) is 2.89. The quantitative estimate of drug-likeness (QED) is 0.813. The maximum atomic E-state index is 3.86. The molecule has 2 aliphatic heterocycles. The molecule has 0 radical (unpaired) electrons. The number of nitrogens with one attached hydrogen (secondary N) is 1. The Bertz CT molecular complexity index is 233. The summed E-state index contributed by atoms with van der Waals surface area (Å²) in [5.74, 6) is 1.68. The predicted molar refractivity (Wildman–Crippen MR) is 74.2 cm³/mol. The van der Waals surface area contributed by atoms with Gasteiger partial charge in [-0.1, -0.05) is 13.8 Å². The van der Waals surface area contributed by atoms with Gasteiger partial charge in [0, 0.05) is 11.6 Å². The molecule has 17 heavy (non-hydrogen) atoms. The van der Waals surface area contributed by atoms with Crippen LogP contribution in [0.4, 0.5) is 0 Å². The standard InChI is InChI=1S/C15H30N2/c1-12(2)15(8-5-9-16-15)14-6-10-17(11-7-14)13(3)4/h12-14,16H,5-11H2,1-4H3. The average molecular weight is 238 g/mol. The van der Waals surface area contributed by atoms with E-state index in [1.54, 1.807) is 0 Å². The molecule has 2 rings (SSSR count). The molecular formula is C15H30N2. The molecule has 0 bridgehead atoms. The highest BCUT2D eigenvalue weighted by Gasteiger charge is 2.44. The third-order valence-electron chi connectivity index (χ3n) is 5.24. The van der Waals surface area contributed by atoms with E-state index in [0.717, 1.165) is 17.9 Å². The third-order valence-corrected chi connectivity index (χ3v) is 5.24. The van der Waals surface area contributed by atoms with Crippen molar-refractivity contribution in [3.63, 3.8) is 0 Å². The molecule has 1 atom stereocenters. The van der Waals surface area contributed by atoms with Crippen molar-refractivity contribution >= 4 is 0 Å². The first-order valence-electron chi connectivity index (χ1n) is 7.55. The fourth-order valence-electron chi connectivity index (χ4n) is 4.03. The van der Waals surface area contributed by atoms with Crippen molar-refractivity contribution in [1.29, 1.82) is 0 Å². The van der Waals surface area contributed by atoms with Crippen molar-refractivity contribution in [1.82, 2.24) is 10.2 Å². The van der Waals surface area contributed by atoms with Gasteiger partial charge in [0.05, 0.1) is 0 Å². The minimum atomic E-state index is 0.461. The number of nitrogens with zero attached hydrogens (tertiary/aromatic N) is 1. The smallest absolute Gasteiger partial charge is 0.0233 e. The van der Waals surface area contributed by atoms with Crippen molar-refractivity contribution < 1.29 is 0 Å². The van der Waals surface area contributed by atoms with Gasteiger partial charge in [0.1, 0.15) is 0 Å². The lowest BCUT2D eigenvalue weighted by Crippen LogP contribution is -2.55. The molecule has 2 nitrogen and oxygen atoms in total. The molecule has 0 aliphatic carbocycles. The lowest BCUT2D eigenvalue weighted by atomic mass is 9.70. The van der Waals surface area contributed by atoms with Crippen LogP contribution in [0.2, 0.25) is 0 Å². The summed E-state index contributed by atoms with van der Waals surface area (Å²) >= 11 is 0. The summed E-state index contributed by atoms with van der Waals surface area (Å²) in [7, 11) is 0. The van der Waals surface area contributed by atoms with E-state index in [9.17, 15) is 0 Å². The summed E-state index contributed by atoms with van der Waals surface area (Å²) < 4.78 is 0. The van der Waals surface area contributed by atoms with Crippen molar-refractivity contribution in [3.05, 3.63) is 0 Å². The van der Waals surface area contributed by atoms with E-state index in [1.165, 1.54) is 45.3 Å². The molecule has 2 heteroatoms. The van der Waals surface area contributed by atoms with Gasteiger partial charge < -0.3 is 10.2 Å². The highest BCUT2D eigenvalue weighted by Crippen LogP contribution is 2.40. The monoisotopic (exact) mass is 238 g/mol. The molecule has 100 valence electrons. The zero-order valence-corrected chi connectivity index (χ0v) is 12.1. The van der Waals surface area contributed by atoms with E-state index in [1.807, 2.05) is 0 Å². The Kier molecular flexibility index (Phi) is 4.14. The first-order chi connectivity index (χ1) is 8.06. The summed E-state index contributed by atoms with van der Waals surface area (Å²) in [6, 6.07) is 0.725. The van der Waals surface area contributed by atoms with Crippen LogP contribution in [0.25, 0.3) is 0 Å². The van der Waals surface area contributed by atoms with Crippen LogP contribution in [-0.4, -0.2) is 36.1 Å². The van der Waals surface area contributed by atoms with E-state index >= 15 is 0 Å². The molecule has 0 aromatic rings. The normalized spacial score (nSPS) is 32.8. The van der Waals surface area contributed by atoms with Gasteiger partial charge in [-0.15, -0.1) is 0 Å². The van der Waals surface area contributed by atoms with E-state index < -0.39 is 0 Å². The van der Waals surface area contributed by atoms with E-state index in [0.29, 0.717) is 5.54 Å². The fourth-order valence-corrected chi connectivity index (χ4v) is 4.03. The molecule has 2 aliphatic rings. The fraction of sp³-hybridized carbons (Fsp3) is 1.00. The van der Waals surface area contributed by atoms with Gasteiger partial charge in [0.25, 0.3) is 0 Å². The average Bonchev–Trinajstić information content (AvgIpc) is 2.79. The molecule has 0 saturated carbocycles. The van der Waals surface area contributed by atoms with Gasteiger partial charge in [-0.2, -0.15) is 0 Å². The first-order valence-corrected chi connectivity index (χ1v) is 7.55. The second kappa shape index (κ2) is 5.27. The van der Waals surface area contributed by atoms with Crippen LogP contribution in [0.3, 0.4) is 0 Å². The molecule has 0 amide bonds. The highest BCUT2D eigenvalue weighted by atomic mass is 15.2. The van der Waals surface area contributed by atoms with Gasteiger partial charge in [0.15, 0.2) is 0 Å². The number of piperidine rings is 1. The molecule has 1 unspecified atom stereocenters. The molecule has 1 N–H and O–H groups in total. The number of rotatable bonds is 3. The summed E-state index contributed by atoms with van der Waals surface area (Å²) in [4.78, 5) is 2.64. The molecular weight excluding hydrogens is 208 g/mol. The zero-order valence-electron chi connectivity index (χ0n) is 12.1. The Hall–Kier alpha value is -0.0800. The lowest BCUT2D eigenvalue weighted by molar-refractivity contribution is 0.0731. The zero-order chi connectivity index (χ0) is 12.5. The van der Waals surface area contributed by atoms with Crippen LogP contribution in [0.5, 0.6) is 0 Å². The highest BCUT2D eigenvalue weighted by molar-refractivity contribution is 5.02. The van der Waals surface area contributed by atoms with Crippen LogP contribution in [0, 0.1) is 11.8 Å². The largest absolute Gasteiger partial charge is 0.311 e. The van der Waals surface area contributed by atoms with Crippen LogP contribution in [0.1, 0.15) is 53.4 Å². The van der Waals surface area contributed by atoms with Gasteiger partial charge >= 0.3 is 0 Å². The Morgan fingerprint density at radius 1 is 1.12 bits per heavy atom. The summed E-state index contributed by atoms with van der Waals surface area (Å²) in [5, 5.41) is 3.86. The van der Waals surface area contributed by atoms with Crippen LogP contribution >= 0.6 is 0 Å². The topological polar surface area (TPSA) is 15.3 Å². The Morgan fingerprint density at radius 3 is 2.18 bits per heavy atom. The van der Waals surface area contributed by atoms with Crippen LogP contribution in [0.15, 0.2) is 0 Å². The SMILES string of the molecule is CC(C)N1CCC(C2(C(C)C)CCCN2)CC1. The van der Waals surface area contributed by atoms with Gasteiger partial charge in [-0.25, -0.2) is 0 Å². The van der Waals surface area contributed by atoms with Crippen LogP contribution < -0.4 is 5.32 Å². The molecule has 2 heterocycles. The van der Waals surface area contributed by atoms with Gasteiger partial charge in [-0.3, -0.25) is 0 Å². The molecule has 0 aromatic heterocycles. The summed E-state index contributed by atoms with van der Waals surface area (Å²) in [6.45, 7) is 13.3. The number of hydrogen-bond acceptors (Lipinski definition) is 2. The Labute approximate surface area is 107 Å². The van der Waals surface area contributed by atoms with Crippen molar-refractivity contribution in [2.45, 2.75) is 65.0 Å². The van der Waals surface area contributed by atoms with Crippen molar-refractivity contribution in [2.24, 2.45) is 11.8 Å². The van der Waals surface area contributed by atoms with E-state index in [4.69, 9.17) is 0 Å². The second-order valence-electron chi connectivity index (χ2n) is 6.63. The van der Waals surface area contributed by atoms with E-state index in [2.05, 4.69) is 37.9 Å². The Balaban J connectivity index is 1.99. The number of hydrogen-bond donors (Lipinski definition) is 1. The summed E-state index contributed by atoms with van der Waals surface area (Å²) in [5.41, 5.74) is 0.461. The third kappa shape index (κ3) is 2.53. The molecule has 2 fully saturated rings. The minimum absolute atomic E-state index is 0.461. The molecule has 0 aromatic carbocycles. The maximum Gasteiger partial charge on any atom is 0.0233 e. The number of likely N-dealkylation sites (tertiary alicyclic amines) is 1. The van der Waals surface area contributed by atoms with Gasteiger partial charge in [0.2, 0.25) is 0 Å². The van der Waals surface area contributed by atoms with Crippen molar-refractivity contribution in [3.8, 4) is 0 Å². The van der Waals surface area contributed by atoms with Crippen LogP contribution in [-0.2, 0) is 0 Å². The molecule has 0 spiro atoms. The Morgan fingerprint density at radius 2 is 1.76 bits per heavy atom. The second-order valence-corrected chi connectivity index (χ2v) is 6.63. The van der Waals surface area contributed by atoms with Gasteiger partial charge in [-0.05, 0) is 71.0 Å². The summed E-state index contributed by atoms with van der Waals surface area (Å²) in [6.07, 6.45) is 5.56. The lowest BCUT2D eigenvalue weighted by Gasteiger charge is -2.46. The van der Waals surface area contributed by atoms with Crippen molar-refractivity contribution in [2.75, 3.05) is 19.6 Å². The first kappa shape index (κ1) is 13.4.